The number of aryl methyl sites for hydroxylation is 1. The van der Waals surface area contributed by atoms with Gasteiger partial charge in [0.15, 0.2) is 5.82 Å². The van der Waals surface area contributed by atoms with Crippen LogP contribution in [0, 0.1) is 18.2 Å². The maximum Gasteiger partial charge on any atom is 0.420 e. The number of pyridine rings is 2. The number of benzene rings is 1. The molecule has 3 rings (SSSR count). The molecule has 0 fully saturated rings. The quantitative estimate of drug-likeness (QED) is 0.245. The van der Waals surface area contributed by atoms with Gasteiger partial charge in [-0.15, -0.1) is 0 Å². The molecule has 0 aliphatic rings. The number of amides is 1. The van der Waals surface area contributed by atoms with Crippen LogP contribution in [0.5, 0.6) is 0 Å². The Balaban J connectivity index is 1.86. The predicted octanol–water partition coefficient (Wildman–Crippen LogP) is 5.56. The number of rotatable bonds is 6. The van der Waals surface area contributed by atoms with Gasteiger partial charge in [0.05, 0.1) is 23.1 Å². The average Bonchev–Trinajstić information content (AvgIpc) is 2.74. The summed E-state index contributed by atoms with van der Waals surface area (Å²) in [5, 5.41) is 12.7. The number of hydrogen-bond acceptors (Lipinski definition) is 6. The summed E-state index contributed by atoms with van der Waals surface area (Å²) in [6.45, 7) is 1.59. The van der Waals surface area contributed by atoms with Crippen LogP contribution in [0.1, 0.15) is 21.6 Å². The molecule has 3 N–H and O–H groups in total. The van der Waals surface area contributed by atoms with E-state index >= 15 is 0 Å². The number of aromatic nitrogens is 2. The third-order valence-electron chi connectivity index (χ3n) is 4.31. The first-order valence-electron chi connectivity index (χ1n) is 9.19. The predicted molar refractivity (Wildman–Crippen MR) is 117 cm³/mol. The summed E-state index contributed by atoms with van der Waals surface area (Å²) in [6, 6.07) is 6.16. The molecule has 33 heavy (non-hydrogen) atoms. The molecule has 7 nitrogen and oxygen atoms in total. The van der Waals surface area contributed by atoms with Crippen molar-refractivity contribution in [2.75, 3.05) is 10.7 Å². The minimum absolute atomic E-state index is 0.0247. The molecule has 2 heterocycles. The largest absolute Gasteiger partial charge is 0.420 e. The summed E-state index contributed by atoms with van der Waals surface area (Å²) in [7, 11) is 0. The Hall–Kier alpha value is -3.86. The Morgan fingerprint density at radius 3 is 2.58 bits per heavy atom. The van der Waals surface area contributed by atoms with Gasteiger partial charge < -0.3 is 10.7 Å². The maximum atomic E-state index is 13.4. The van der Waals surface area contributed by atoms with Crippen molar-refractivity contribution in [3.8, 4) is 11.1 Å². The third kappa shape index (κ3) is 5.69. The summed E-state index contributed by atoms with van der Waals surface area (Å²) < 4.78 is 53.4. The van der Waals surface area contributed by atoms with Gasteiger partial charge in [-0.1, -0.05) is 11.6 Å². The van der Waals surface area contributed by atoms with E-state index < -0.39 is 29.3 Å². The Bertz CT molecular complexity index is 1250. The summed E-state index contributed by atoms with van der Waals surface area (Å²) in [5.41, 5.74) is 2.18. The zero-order valence-electron chi connectivity index (χ0n) is 16.8. The molecule has 0 aliphatic heterocycles. The van der Waals surface area contributed by atoms with Crippen LogP contribution < -0.4 is 10.7 Å². The summed E-state index contributed by atoms with van der Waals surface area (Å²) in [6.07, 6.45) is -0.680. The molecule has 0 spiro atoms. The van der Waals surface area contributed by atoms with Crippen LogP contribution in [0.25, 0.3) is 11.1 Å². The van der Waals surface area contributed by atoms with Crippen molar-refractivity contribution in [1.29, 1.82) is 5.41 Å². The summed E-state index contributed by atoms with van der Waals surface area (Å²) in [4.78, 5) is 20.4. The van der Waals surface area contributed by atoms with E-state index in [0.717, 1.165) is 24.7 Å². The fourth-order valence-electron chi connectivity index (χ4n) is 2.85. The first-order valence-corrected chi connectivity index (χ1v) is 9.56. The molecule has 0 aliphatic carbocycles. The molecule has 170 valence electrons. The van der Waals surface area contributed by atoms with E-state index in [1.165, 1.54) is 18.3 Å². The Kier molecular flexibility index (Phi) is 7.02. The lowest BCUT2D eigenvalue weighted by atomic mass is 10.0. The smallest absolute Gasteiger partial charge is 0.319 e. The molecule has 0 atom stereocenters. The molecule has 0 bridgehead atoms. The van der Waals surface area contributed by atoms with Gasteiger partial charge in [0.25, 0.3) is 5.91 Å². The zero-order valence-corrected chi connectivity index (χ0v) is 17.6. The lowest BCUT2D eigenvalue weighted by molar-refractivity contribution is -0.137. The van der Waals surface area contributed by atoms with Gasteiger partial charge in [0, 0.05) is 23.5 Å². The van der Waals surface area contributed by atoms with Gasteiger partial charge in [-0.25, -0.2) is 9.37 Å². The van der Waals surface area contributed by atoms with Crippen molar-refractivity contribution in [3.63, 3.8) is 0 Å². The summed E-state index contributed by atoms with van der Waals surface area (Å²) in [5.74, 6) is -1.84. The van der Waals surface area contributed by atoms with Crippen LogP contribution in [-0.2, 0) is 6.18 Å². The van der Waals surface area contributed by atoms with Gasteiger partial charge >= 0.3 is 6.18 Å². The molecule has 0 unspecified atom stereocenters. The molecule has 2 aromatic heterocycles. The van der Waals surface area contributed by atoms with E-state index in [2.05, 4.69) is 25.8 Å². The van der Waals surface area contributed by atoms with Crippen LogP contribution in [0.15, 0.2) is 47.8 Å². The van der Waals surface area contributed by atoms with Gasteiger partial charge in [-0.2, -0.15) is 18.3 Å². The molecule has 0 saturated heterocycles. The molecule has 1 amide bonds. The fraction of sp³-hybridized carbons (Fsp3) is 0.0952. The molecule has 0 saturated carbocycles. The van der Waals surface area contributed by atoms with Crippen LogP contribution >= 0.6 is 11.6 Å². The standard InChI is InChI=1S/C21H15ClF4N6O/c1-11-6-12(15-3-2-13(23)7-17(15)22)9-28-18(11)20(33)31-14-8-16(21(24,25)26)19(29-10-14)32-30-5-4-27/h2-10,27H,1H3,(H,29,32)(H,31,33)/b27-4?,30-5-. The van der Waals surface area contributed by atoms with Gasteiger partial charge in [0.2, 0.25) is 0 Å². The second kappa shape index (κ2) is 9.74. The molecule has 12 heteroatoms. The summed E-state index contributed by atoms with van der Waals surface area (Å²) >= 11 is 6.06. The normalized spacial score (nSPS) is 11.5. The molecule has 3 aromatic rings. The highest BCUT2D eigenvalue weighted by Crippen LogP contribution is 2.35. The highest BCUT2D eigenvalue weighted by molar-refractivity contribution is 6.33. The van der Waals surface area contributed by atoms with Crippen molar-refractivity contribution < 1.29 is 22.4 Å². The van der Waals surface area contributed by atoms with Crippen molar-refractivity contribution in [2.24, 2.45) is 5.10 Å². The number of anilines is 2. The topological polar surface area (TPSA) is 103 Å². The third-order valence-corrected chi connectivity index (χ3v) is 4.62. The Morgan fingerprint density at radius 1 is 1.18 bits per heavy atom. The van der Waals surface area contributed by atoms with Crippen LogP contribution in [0.4, 0.5) is 29.1 Å². The number of nitrogens with one attached hydrogen (secondary N) is 3. The first kappa shape index (κ1) is 23.8. The van der Waals surface area contributed by atoms with E-state index in [9.17, 15) is 22.4 Å². The minimum atomic E-state index is -4.78. The van der Waals surface area contributed by atoms with Crippen LogP contribution in [0.2, 0.25) is 5.02 Å². The van der Waals surface area contributed by atoms with E-state index in [-0.39, 0.29) is 16.4 Å². The minimum Gasteiger partial charge on any atom is -0.319 e. The van der Waals surface area contributed by atoms with Gasteiger partial charge in [0.1, 0.15) is 17.1 Å². The fourth-order valence-corrected chi connectivity index (χ4v) is 3.12. The number of halogens is 5. The Labute approximate surface area is 190 Å². The monoisotopic (exact) mass is 478 g/mol. The lowest BCUT2D eigenvalue weighted by Gasteiger charge is -2.14. The number of nitrogens with zero attached hydrogens (tertiary/aromatic N) is 3. The van der Waals surface area contributed by atoms with E-state index in [1.807, 2.05) is 0 Å². The van der Waals surface area contributed by atoms with Gasteiger partial charge in [-0.05, 0) is 42.8 Å². The molecule has 0 radical (unpaired) electrons. The van der Waals surface area contributed by atoms with Crippen molar-refractivity contribution in [3.05, 3.63) is 70.4 Å². The van der Waals surface area contributed by atoms with E-state index in [4.69, 9.17) is 17.0 Å². The second-order valence-electron chi connectivity index (χ2n) is 6.64. The van der Waals surface area contributed by atoms with E-state index in [0.29, 0.717) is 22.8 Å². The molecular weight excluding hydrogens is 464 g/mol. The number of carbonyl (C=O) groups is 1. The second-order valence-corrected chi connectivity index (χ2v) is 7.05. The highest BCUT2D eigenvalue weighted by atomic mass is 35.5. The van der Waals surface area contributed by atoms with Crippen LogP contribution in [0.3, 0.4) is 0 Å². The van der Waals surface area contributed by atoms with Crippen LogP contribution in [-0.4, -0.2) is 28.3 Å². The van der Waals surface area contributed by atoms with Crippen molar-refractivity contribution >= 4 is 41.4 Å². The maximum absolute atomic E-state index is 13.4. The van der Waals surface area contributed by atoms with Crippen molar-refractivity contribution in [2.45, 2.75) is 13.1 Å². The SMILES string of the molecule is Cc1cc(-c2ccc(F)cc2Cl)cnc1C(=O)Nc1cnc(N/N=C\C=N)c(C(F)(F)F)c1. The molecule has 1 aromatic carbocycles. The van der Waals surface area contributed by atoms with Crippen molar-refractivity contribution in [1.82, 2.24) is 9.97 Å². The first-order chi connectivity index (χ1) is 15.6. The number of hydrazone groups is 1. The molecular formula is C21H15ClF4N6O. The number of carbonyl (C=O) groups excluding carboxylic acids is 1. The number of hydrogen-bond donors (Lipinski definition) is 3. The van der Waals surface area contributed by atoms with E-state index in [1.54, 1.807) is 13.0 Å². The Morgan fingerprint density at radius 2 is 1.94 bits per heavy atom. The zero-order chi connectivity index (χ0) is 24.2. The average molecular weight is 479 g/mol. The highest BCUT2D eigenvalue weighted by Gasteiger charge is 2.35. The van der Waals surface area contributed by atoms with Gasteiger partial charge in [-0.3, -0.25) is 15.2 Å². The lowest BCUT2D eigenvalue weighted by Crippen LogP contribution is -2.17. The number of alkyl halides is 3.